The minimum absolute atomic E-state index is 0.229. The Labute approximate surface area is 154 Å². The minimum atomic E-state index is 0.229. The highest BCUT2D eigenvalue weighted by molar-refractivity contribution is 5.78. The van der Waals surface area contributed by atoms with Gasteiger partial charge in [0.2, 0.25) is 5.91 Å². The van der Waals surface area contributed by atoms with E-state index in [4.69, 9.17) is 4.74 Å². The van der Waals surface area contributed by atoms with Crippen LogP contribution in [0.4, 0.5) is 11.6 Å². The summed E-state index contributed by atoms with van der Waals surface area (Å²) in [5.41, 5.74) is 0. The first-order chi connectivity index (χ1) is 12.8. The van der Waals surface area contributed by atoms with Crippen molar-refractivity contribution in [1.82, 2.24) is 19.8 Å². The fourth-order valence-corrected chi connectivity index (χ4v) is 3.86. The van der Waals surface area contributed by atoms with Crippen LogP contribution >= 0.6 is 0 Å². The van der Waals surface area contributed by atoms with Gasteiger partial charge in [0.25, 0.3) is 0 Å². The van der Waals surface area contributed by atoms with Gasteiger partial charge in [-0.2, -0.15) is 0 Å². The van der Waals surface area contributed by atoms with Gasteiger partial charge in [0.05, 0.1) is 19.8 Å². The lowest BCUT2D eigenvalue weighted by molar-refractivity contribution is -0.133. The smallest absolute Gasteiger partial charge is 0.236 e. The lowest BCUT2D eigenvalue weighted by Crippen LogP contribution is -2.52. The molecule has 0 aromatic carbocycles. The van der Waals surface area contributed by atoms with Crippen LogP contribution in [-0.4, -0.2) is 97.8 Å². The van der Waals surface area contributed by atoms with E-state index in [-0.39, 0.29) is 5.91 Å². The molecule has 3 saturated heterocycles. The lowest BCUT2D eigenvalue weighted by atomic mass is 10.3. The zero-order valence-electron chi connectivity index (χ0n) is 15.3. The molecule has 1 aromatic rings. The molecule has 3 fully saturated rings. The maximum absolute atomic E-state index is 12.5. The first kappa shape index (κ1) is 17.5. The van der Waals surface area contributed by atoms with Crippen LogP contribution in [0.1, 0.15) is 12.8 Å². The number of hydrogen-bond donors (Lipinski definition) is 0. The molecule has 0 unspecified atom stereocenters. The van der Waals surface area contributed by atoms with Crippen LogP contribution in [0.2, 0.25) is 0 Å². The van der Waals surface area contributed by atoms with E-state index in [9.17, 15) is 4.79 Å². The molecule has 1 aromatic heterocycles. The van der Waals surface area contributed by atoms with Crippen molar-refractivity contribution >= 4 is 17.5 Å². The van der Waals surface area contributed by atoms with E-state index in [1.54, 1.807) is 6.33 Å². The number of amides is 1. The Morgan fingerprint density at radius 2 is 1.50 bits per heavy atom. The van der Waals surface area contributed by atoms with E-state index in [1.807, 2.05) is 4.90 Å². The van der Waals surface area contributed by atoms with Gasteiger partial charge >= 0.3 is 0 Å². The zero-order chi connectivity index (χ0) is 17.8. The molecule has 0 atom stereocenters. The Balaban J connectivity index is 1.30. The predicted octanol–water partition coefficient (Wildman–Crippen LogP) is 0.0576. The van der Waals surface area contributed by atoms with Gasteiger partial charge in [-0.1, -0.05) is 0 Å². The van der Waals surface area contributed by atoms with Gasteiger partial charge < -0.3 is 19.4 Å². The molecule has 26 heavy (non-hydrogen) atoms. The second-order valence-electron chi connectivity index (χ2n) is 7.18. The summed E-state index contributed by atoms with van der Waals surface area (Å²) in [6, 6.07) is 2.09. The van der Waals surface area contributed by atoms with Crippen LogP contribution in [-0.2, 0) is 9.53 Å². The van der Waals surface area contributed by atoms with E-state index in [0.717, 1.165) is 77.2 Å². The van der Waals surface area contributed by atoms with Gasteiger partial charge in [-0.15, -0.1) is 0 Å². The van der Waals surface area contributed by atoms with E-state index in [1.165, 1.54) is 12.8 Å². The molecule has 0 radical (unpaired) electrons. The molecule has 0 bridgehead atoms. The number of morpholine rings is 1. The summed E-state index contributed by atoms with van der Waals surface area (Å²) >= 11 is 0. The summed E-state index contributed by atoms with van der Waals surface area (Å²) in [6.07, 6.45) is 4.14. The molecule has 8 nitrogen and oxygen atoms in total. The van der Waals surface area contributed by atoms with Crippen LogP contribution in [0.3, 0.4) is 0 Å². The normalized spacial score (nSPS) is 22.1. The van der Waals surface area contributed by atoms with E-state index >= 15 is 0 Å². The Hall–Kier alpha value is -1.93. The van der Waals surface area contributed by atoms with E-state index < -0.39 is 0 Å². The molecule has 4 heterocycles. The molecule has 142 valence electrons. The summed E-state index contributed by atoms with van der Waals surface area (Å²) in [5, 5.41) is 0. The third kappa shape index (κ3) is 4.07. The third-order valence-corrected chi connectivity index (χ3v) is 5.49. The van der Waals surface area contributed by atoms with Gasteiger partial charge in [-0.3, -0.25) is 9.69 Å². The first-order valence-corrected chi connectivity index (χ1v) is 9.69. The molecular weight excluding hydrogens is 332 g/mol. The van der Waals surface area contributed by atoms with Crippen molar-refractivity contribution in [3.05, 3.63) is 12.4 Å². The van der Waals surface area contributed by atoms with Crippen molar-refractivity contribution in [2.75, 3.05) is 81.9 Å². The SMILES string of the molecule is O=C(CN1CCOCC1)N1CCN(c2cc(N3CCCC3)ncn2)CC1. The average Bonchev–Trinajstić information content (AvgIpc) is 3.24. The van der Waals surface area contributed by atoms with Gasteiger partial charge in [0.1, 0.15) is 18.0 Å². The second-order valence-corrected chi connectivity index (χ2v) is 7.18. The van der Waals surface area contributed by atoms with Crippen LogP contribution in [0, 0.1) is 0 Å². The average molecular weight is 360 g/mol. The molecule has 1 amide bonds. The first-order valence-electron chi connectivity index (χ1n) is 9.69. The van der Waals surface area contributed by atoms with Crippen LogP contribution in [0.5, 0.6) is 0 Å². The number of nitrogens with zero attached hydrogens (tertiary/aromatic N) is 6. The van der Waals surface area contributed by atoms with E-state index in [2.05, 4.69) is 30.7 Å². The van der Waals surface area contributed by atoms with Crippen LogP contribution < -0.4 is 9.80 Å². The van der Waals surface area contributed by atoms with E-state index in [0.29, 0.717) is 6.54 Å². The van der Waals surface area contributed by atoms with Crippen molar-refractivity contribution < 1.29 is 9.53 Å². The Bertz CT molecular complexity index is 607. The van der Waals surface area contributed by atoms with Crippen molar-refractivity contribution in [2.24, 2.45) is 0 Å². The molecule has 3 aliphatic rings. The Morgan fingerprint density at radius 3 is 2.15 bits per heavy atom. The largest absolute Gasteiger partial charge is 0.379 e. The number of carbonyl (C=O) groups excluding carboxylic acids is 1. The molecule has 8 heteroatoms. The summed E-state index contributed by atoms with van der Waals surface area (Å²) in [4.78, 5) is 30.2. The standard InChI is InChI=1S/C18H28N6O2/c25-18(14-21-9-11-26-12-10-21)24-7-5-23(6-8-24)17-13-16(19-15-20-17)22-3-1-2-4-22/h13,15H,1-12,14H2. The van der Waals surface area contributed by atoms with Crippen molar-refractivity contribution in [2.45, 2.75) is 12.8 Å². The highest BCUT2D eigenvalue weighted by Crippen LogP contribution is 2.22. The highest BCUT2D eigenvalue weighted by Gasteiger charge is 2.24. The third-order valence-electron chi connectivity index (χ3n) is 5.49. The number of hydrogen-bond acceptors (Lipinski definition) is 7. The number of carbonyl (C=O) groups is 1. The van der Waals surface area contributed by atoms with Crippen LogP contribution in [0.25, 0.3) is 0 Å². The van der Waals surface area contributed by atoms with Crippen molar-refractivity contribution in [3.8, 4) is 0 Å². The molecule has 4 rings (SSSR count). The van der Waals surface area contributed by atoms with Crippen molar-refractivity contribution in [3.63, 3.8) is 0 Å². The molecule has 0 spiro atoms. The topological polar surface area (TPSA) is 65.0 Å². The van der Waals surface area contributed by atoms with Gasteiger partial charge in [0, 0.05) is 58.4 Å². The van der Waals surface area contributed by atoms with Gasteiger partial charge in [0.15, 0.2) is 0 Å². The van der Waals surface area contributed by atoms with Crippen LogP contribution in [0.15, 0.2) is 12.4 Å². The lowest BCUT2D eigenvalue weighted by Gasteiger charge is -2.37. The van der Waals surface area contributed by atoms with Crippen molar-refractivity contribution in [1.29, 1.82) is 0 Å². The Morgan fingerprint density at radius 1 is 0.885 bits per heavy atom. The summed E-state index contributed by atoms with van der Waals surface area (Å²) in [6.45, 7) is 9.01. The highest BCUT2D eigenvalue weighted by atomic mass is 16.5. The number of ether oxygens (including phenoxy) is 1. The Kier molecular flexibility index (Phi) is 5.50. The molecule has 0 aliphatic carbocycles. The quantitative estimate of drug-likeness (QED) is 0.752. The summed E-state index contributed by atoms with van der Waals surface area (Å²) < 4.78 is 5.35. The maximum atomic E-state index is 12.5. The number of rotatable bonds is 4. The minimum Gasteiger partial charge on any atom is -0.379 e. The molecule has 3 aliphatic heterocycles. The number of anilines is 2. The zero-order valence-corrected chi connectivity index (χ0v) is 15.3. The fraction of sp³-hybridized carbons (Fsp3) is 0.722. The summed E-state index contributed by atoms with van der Waals surface area (Å²) in [5.74, 6) is 2.23. The van der Waals surface area contributed by atoms with Gasteiger partial charge in [-0.05, 0) is 12.8 Å². The number of aromatic nitrogens is 2. The van der Waals surface area contributed by atoms with Gasteiger partial charge in [-0.25, -0.2) is 9.97 Å². The molecule has 0 N–H and O–H groups in total. The summed E-state index contributed by atoms with van der Waals surface area (Å²) in [7, 11) is 0. The number of piperazine rings is 1. The fourth-order valence-electron chi connectivity index (χ4n) is 3.86. The monoisotopic (exact) mass is 360 g/mol. The second kappa shape index (κ2) is 8.18. The molecule has 0 saturated carbocycles. The molecular formula is C18H28N6O2. The predicted molar refractivity (Wildman–Crippen MR) is 99.5 cm³/mol. The maximum Gasteiger partial charge on any atom is 0.236 e.